The molecule has 6 nitrogen and oxygen atoms in total. The number of hydrogen-bond acceptors (Lipinski definition) is 4. The number of nitrogens with zero attached hydrogens (tertiary/aromatic N) is 2. The molecule has 2 aromatic rings. The molecule has 0 aliphatic carbocycles. The Labute approximate surface area is 168 Å². The summed E-state index contributed by atoms with van der Waals surface area (Å²) in [5, 5.41) is 6.84. The van der Waals surface area contributed by atoms with Crippen LogP contribution in [0.4, 0.5) is 10.1 Å². The topological polar surface area (TPSA) is 71.0 Å². The summed E-state index contributed by atoms with van der Waals surface area (Å²) in [4.78, 5) is 32.6. The third kappa shape index (κ3) is 4.45. The number of oxime groups is 1. The van der Waals surface area contributed by atoms with E-state index in [9.17, 15) is 14.0 Å². The zero-order valence-corrected chi connectivity index (χ0v) is 15.9. The summed E-state index contributed by atoms with van der Waals surface area (Å²) in [5.41, 5.74) is 1.14. The van der Waals surface area contributed by atoms with Crippen LogP contribution < -0.4 is 5.32 Å². The minimum Gasteiger partial charge on any atom is -0.386 e. The molecule has 0 saturated carbocycles. The van der Waals surface area contributed by atoms with Crippen LogP contribution in [0.25, 0.3) is 0 Å². The number of halogens is 1. The largest absolute Gasteiger partial charge is 0.386 e. The van der Waals surface area contributed by atoms with Crippen molar-refractivity contribution in [3.8, 4) is 0 Å². The van der Waals surface area contributed by atoms with E-state index < -0.39 is 5.60 Å². The highest BCUT2D eigenvalue weighted by Crippen LogP contribution is 2.34. The number of piperidine rings is 1. The van der Waals surface area contributed by atoms with Crippen molar-refractivity contribution in [2.45, 2.75) is 31.3 Å². The summed E-state index contributed by atoms with van der Waals surface area (Å²) in [7, 11) is 0. The van der Waals surface area contributed by atoms with Gasteiger partial charge in [0.05, 0.1) is 13.0 Å². The van der Waals surface area contributed by atoms with Crippen molar-refractivity contribution in [3.05, 3.63) is 66.0 Å². The number of nitrogens with one attached hydrogen (secondary N) is 1. The lowest BCUT2D eigenvalue weighted by molar-refractivity contribution is -0.139. The molecule has 29 heavy (non-hydrogen) atoms. The average Bonchev–Trinajstić information content (AvgIpc) is 3.14. The number of hydrogen-bond donors (Lipinski definition) is 1. The molecule has 1 N–H and O–H groups in total. The van der Waals surface area contributed by atoms with Gasteiger partial charge in [0.15, 0.2) is 5.60 Å². The Morgan fingerprint density at radius 1 is 1.14 bits per heavy atom. The van der Waals surface area contributed by atoms with Gasteiger partial charge in [-0.25, -0.2) is 4.39 Å². The molecule has 150 valence electrons. The van der Waals surface area contributed by atoms with Crippen LogP contribution in [-0.2, 0) is 20.8 Å². The first-order valence-corrected chi connectivity index (χ1v) is 9.67. The third-order valence-corrected chi connectivity index (χ3v) is 5.29. The summed E-state index contributed by atoms with van der Waals surface area (Å²) in [6.07, 6.45) is 2.09. The Hall–Kier alpha value is -3.22. The number of likely N-dealkylation sites (tertiary alicyclic amines) is 1. The van der Waals surface area contributed by atoms with Crippen LogP contribution >= 0.6 is 0 Å². The maximum atomic E-state index is 13.1. The Kier molecular flexibility index (Phi) is 5.29. The van der Waals surface area contributed by atoms with Crippen LogP contribution in [0.1, 0.15) is 24.8 Å². The molecule has 0 bridgehead atoms. The number of carbonyl (C=O) groups is 2. The maximum absolute atomic E-state index is 13.1. The molecule has 4 rings (SSSR count). The van der Waals surface area contributed by atoms with Crippen molar-refractivity contribution in [2.75, 3.05) is 18.4 Å². The molecule has 1 saturated heterocycles. The van der Waals surface area contributed by atoms with E-state index in [4.69, 9.17) is 4.84 Å². The van der Waals surface area contributed by atoms with Crippen LogP contribution in [0, 0.1) is 5.82 Å². The summed E-state index contributed by atoms with van der Waals surface area (Å²) >= 11 is 0. The highest BCUT2D eigenvalue weighted by atomic mass is 19.1. The molecule has 2 aliphatic heterocycles. The van der Waals surface area contributed by atoms with Crippen LogP contribution in [0.15, 0.2) is 59.8 Å². The summed E-state index contributed by atoms with van der Waals surface area (Å²) in [6, 6.07) is 15.1. The lowest BCUT2D eigenvalue weighted by Gasteiger charge is -2.38. The molecule has 1 fully saturated rings. The molecular formula is C22H22FN3O3. The number of para-hydroxylation sites is 1. The molecular weight excluding hydrogens is 373 g/mol. The van der Waals surface area contributed by atoms with Gasteiger partial charge >= 0.3 is 0 Å². The van der Waals surface area contributed by atoms with Gasteiger partial charge in [-0.1, -0.05) is 35.5 Å². The fourth-order valence-electron chi connectivity index (χ4n) is 3.79. The zero-order chi connectivity index (χ0) is 20.3. The van der Waals surface area contributed by atoms with Crippen LogP contribution in [-0.4, -0.2) is 41.1 Å². The number of amides is 2. The Morgan fingerprint density at radius 3 is 2.66 bits per heavy atom. The van der Waals surface area contributed by atoms with Gasteiger partial charge in [-0.15, -0.1) is 0 Å². The first-order valence-electron chi connectivity index (χ1n) is 9.67. The molecule has 2 amide bonds. The van der Waals surface area contributed by atoms with Crippen molar-refractivity contribution in [1.82, 2.24) is 4.90 Å². The van der Waals surface area contributed by atoms with Crippen molar-refractivity contribution in [3.63, 3.8) is 0 Å². The van der Waals surface area contributed by atoms with Gasteiger partial charge in [0.2, 0.25) is 5.91 Å². The molecule has 1 atom stereocenters. The lowest BCUT2D eigenvalue weighted by atomic mass is 9.87. The van der Waals surface area contributed by atoms with E-state index >= 15 is 0 Å². The van der Waals surface area contributed by atoms with E-state index in [1.54, 1.807) is 29.2 Å². The molecule has 1 spiro atoms. The number of anilines is 1. The fourth-order valence-corrected chi connectivity index (χ4v) is 3.79. The minimum absolute atomic E-state index is 0.0403. The fraction of sp³-hybridized carbons (Fsp3) is 0.318. The first-order chi connectivity index (χ1) is 14.0. The zero-order valence-electron chi connectivity index (χ0n) is 15.9. The highest BCUT2D eigenvalue weighted by molar-refractivity contribution is 6.43. The quantitative estimate of drug-likeness (QED) is 0.865. The summed E-state index contributed by atoms with van der Waals surface area (Å²) in [6.45, 7) is 1.02. The van der Waals surface area contributed by atoms with Gasteiger partial charge in [0.1, 0.15) is 11.5 Å². The van der Waals surface area contributed by atoms with E-state index in [0.29, 0.717) is 30.9 Å². The molecule has 2 heterocycles. The van der Waals surface area contributed by atoms with Crippen molar-refractivity contribution in [1.29, 1.82) is 0 Å². The van der Waals surface area contributed by atoms with Crippen molar-refractivity contribution in [2.24, 2.45) is 5.16 Å². The average molecular weight is 395 g/mol. The van der Waals surface area contributed by atoms with Crippen LogP contribution in [0.5, 0.6) is 0 Å². The molecule has 1 unspecified atom stereocenters. The molecule has 0 aromatic heterocycles. The standard InChI is InChI=1S/C22H22FN3O3/c23-17-9-7-16(8-10-17)13-20(27)26-12-4-11-22(15-26)14-19(25-29-22)21(28)24-18-5-2-1-3-6-18/h1-3,5-10H,4,11-15H2,(H,24,28). The second-order valence-electron chi connectivity index (χ2n) is 7.53. The van der Waals surface area contributed by atoms with Crippen molar-refractivity contribution >= 4 is 23.2 Å². The highest BCUT2D eigenvalue weighted by Gasteiger charge is 2.45. The van der Waals surface area contributed by atoms with Crippen LogP contribution in [0.2, 0.25) is 0 Å². The predicted octanol–water partition coefficient (Wildman–Crippen LogP) is 3.14. The van der Waals surface area contributed by atoms with Gasteiger partial charge < -0.3 is 15.1 Å². The van der Waals surface area contributed by atoms with Gasteiger partial charge in [-0.3, -0.25) is 9.59 Å². The maximum Gasteiger partial charge on any atom is 0.273 e. The first kappa shape index (κ1) is 19.1. The SMILES string of the molecule is O=C(Nc1ccccc1)C1=NOC2(CCCN(C(=O)Cc3ccc(F)cc3)C2)C1. The Balaban J connectivity index is 1.36. The number of carbonyl (C=O) groups excluding carboxylic acids is 2. The monoisotopic (exact) mass is 395 g/mol. The van der Waals surface area contributed by atoms with Gasteiger partial charge in [-0.05, 0) is 42.7 Å². The molecule has 7 heteroatoms. The lowest BCUT2D eigenvalue weighted by Crippen LogP contribution is -2.51. The molecule has 2 aliphatic rings. The predicted molar refractivity (Wildman–Crippen MR) is 107 cm³/mol. The number of benzene rings is 2. The van der Waals surface area contributed by atoms with E-state index in [0.717, 1.165) is 18.4 Å². The molecule has 2 aromatic carbocycles. The normalized spacial score (nSPS) is 20.9. The van der Waals surface area contributed by atoms with E-state index in [1.807, 2.05) is 18.2 Å². The minimum atomic E-state index is -0.653. The molecule has 0 radical (unpaired) electrons. The van der Waals surface area contributed by atoms with Gasteiger partial charge in [0.25, 0.3) is 5.91 Å². The summed E-state index contributed by atoms with van der Waals surface area (Å²) < 4.78 is 13.1. The third-order valence-electron chi connectivity index (χ3n) is 5.29. The Bertz CT molecular complexity index is 930. The smallest absolute Gasteiger partial charge is 0.273 e. The second-order valence-corrected chi connectivity index (χ2v) is 7.53. The van der Waals surface area contributed by atoms with Gasteiger partial charge in [-0.2, -0.15) is 0 Å². The van der Waals surface area contributed by atoms with E-state index in [2.05, 4.69) is 10.5 Å². The second kappa shape index (κ2) is 8.03. The summed E-state index contributed by atoms with van der Waals surface area (Å²) in [5.74, 6) is -0.653. The Morgan fingerprint density at radius 2 is 1.90 bits per heavy atom. The van der Waals surface area contributed by atoms with Crippen molar-refractivity contribution < 1.29 is 18.8 Å². The van der Waals surface area contributed by atoms with E-state index in [-0.39, 0.29) is 24.1 Å². The number of rotatable bonds is 4. The van der Waals surface area contributed by atoms with Gasteiger partial charge in [0, 0.05) is 18.7 Å². The van der Waals surface area contributed by atoms with Crippen LogP contribution in [0.3, 0.4) is 0 Å². The van der Waals surface area contributed by atoms with E-state index in [1.165, 1.54) is 12.1 Å².